The molecule has 5 heterocycles. The van der Waals surface area contributed by atoms with Gasteiger partial charge in [0.25, 0.3) is 0 Å². The van der Waals surface area contributed by atoms with Crippen LogP contribution in [-0.2, 0) is 27.1 Å². The molecule has 0 fully saturated rings. The number of hydrogen-bond acceptors (Lipinski definition) is 5. The smallest absolute Gasteiger partial charge is 0.137 e. The minimum Gasteiger partial charge on any atom is -0.457 e. The lowest BCUT2D eigenvalue weighted by Gasteiger charge is -2.46. The van der Waals surface area contributed by atoms with Crippen molar-refractivity contribution in [3.05, 3.63) is 245 Å². The lowest BCUT2D eigenvalue weighted by molar-refractivity contribution is 0.482. The second-order valence-corrected chi connectivity index (χ2v) is 27.1. The summed E-state index contributed by atoms with van der Waals surface area (Å²) in [6.45, 7) is 29.3. The number of anilines is 4. The van der Waals surface area contributed by atoms with Gasteiger partial charge in [0.15, 0.2) is 0 Å². The van der Waals surface area contributed by atoms with Gasteiger partial charge in [-0.1, -0.05) is 210 Å². The lowest BCUT2D eigenvalue weighted by atomic mass is 9.59. The molecule has 3 aromatic heterocycles. The quantitative estimate of drug-likeness (QED) is 0.166. The van der Waals surface area contributed by atoms with Crippen LogP contribution in [0.4, 0.5) is 22.7 Å². The normalized spacial score (nSPS) is 14.3. The third-order valence-electron chi connectivity index (χ3n) is 17.7. The zero-order valence-electron chi connectivity index (χ0n) is 49.4. The van der Waals surface area contributed by atoms with Gasteiger partial charge in [0.05, 0.1) is 39.2 Å². The van der Waals surface area contributed by atoms with Gasteiger partial charge in [-0.25, -0.2) is 4.98 Å². The number of fused-ring (bicyclic) bond motifs is 12. The molecule has 3 aliphatic rings. The van der Waals surface area contributed by atoms with Crippen LogP contribution in [0.2, 0.25) is 0 Å². The molecule has 0 saturated heterocycles. The number of benzene rings is 8. The van der Waals surface area contributed by atoms with Gasteiger partial charge < -0.3 is 14.5 Å². The molecule has 0 N–H and O–H groups in total. The SMILES string of the molecule is CC(C)(C)c1cc2c(c(C(C)(C)C)c1)C1(c3ccc(Oc4ccc5c6ccccc6n(-c6ccccn6)c5c4)cc3N3CN(c4c(-c5ccccc5)cncc4-c4ccccc4)c4cccc1c43)c1c-2cc(C(C)(C)C)cc1C(C)(C)C. The predicted octanol–water partition coefficient (Wildman–Crippen LogP) is 19.8. The third-order valence-corrected chi connectivity index (χ3v) is 17.7. The summed E-state index contributed by atoms with van der Waals surface area (Å²) in [6, 6.07) is 67.2. The molecule has 82 heavy (non-hydrogen) atoms. The summed E-state index contributed by atoms with van der Waals surface area (Å²) in [7, 11) is 0. The summed E-state index contributed by atoms with van der Waals surface area (Å²) in [6.07, 6.45) is 5.98. The number of nitrogens with zero attached hydrogens (tertiary/aromatic N) is 5. The molecule has 0 saturated carbocycles. The summed E-state index contributed by atoms with van der Waals surface area (Å²) in [5.41, 5.74) is 23.1. The first kappa shape index (κ1) is 51.4. The number of ether oxygens (including phenoxy) is 1. The Labute approximate surface area is 483 Å². The molecular formula is C76H71N5O. The van der Waals surface area contributed by atoms with Crippen molar-refractivity contribution >= 4 is 44.6 Å². The molecule has 0 atom stereocenters. The number of rotatable bonds is 6. The minimum atomic E-state index is -0.750. The van der Waals surface area contributed by atoms with Crippen LogP contribution in [0.5, 0.6) is 11.5 Å². The molecule has 0 amide bonds. The fraction of sp³-hybridized carbons (Fsp3) is 0.237. The van der Waals surface area contributed by atoms with Crippen LogP contribution in [0, 0.1) is 0 Å². The van der Waals surface area contributed by atoms with Crippen molar-refractivity contribution in [3.63, 3.8) is 0 Å². The maximum absolute atomic E-state index is 7.27. The largest absolute Gasteiger partial charge is 0.457 e. The molecule has 6 nitrogen and oxygen atoms in total. The van der Waals surface area contributed by atoms with Gasteiger partial charge in [-0.05, 0) is 131 Å². The van der Waals surface area contributed by atoms with Crippen LogP contribution in [0.15, 0.2) is 201 Å². The van der Waals surface area contributed by atoms with Gasteiger partial charge in [0.2, 0.25) is 0 Å². The van der Waals surface area contributed by atoms with Crippen LogP contribution >= 0.6 is 0 Å². The van der Waals surface area contributed by atoms with E-state index in [2.05, 4.69) is 286 Å². The average Bonchev–Trinajstić information content (AvgIpc) is 1.51. The Balaban J connectivity index is 1.09. The Morgan fingerprint density at radius 2 is 0.976 bits per heavy atom. The van der Waals surface area contributed by atoms with Crippen LogP contribution in [-0.4, -0.2) is 21.2 Å². The maximum Gasteiger partial charge on any atom is 0.137 e. The number of para-hydroxylation sites is 2. The van der Waals surface area contributed by atoms with Crippen molar-refractivity contribution in [2.75, 3.05) is 16.5 Å². The summed E-state index contributed by atoms with van der Waals surface area (Å²) in [5, 5.41) is 2.32. The molecule has 1 spiro atoms. The van der Waals surface area contributed by atoms with Crippen molar-refractivity contribution < 1.29 is 4.74 Å². The number of hydrogen-bond donors (Lipinski definition) is 0. The first-order valence-electron chi connectivity index (χ1n) is 29.1. The van der Waals surface area contributed by atoms with Crippen molar-refractivity contribution in [2.45, 2.75) is 110 Å². The fourth-order valence-corrected chi connectivity index (χ4v) is 13.8. The molecular weight excluding hydrogens is 999 g/mol. The topological polar surface area (TPSA) is 46.4 Å². The highest BCUT2D eigenvalue weighted by Gasteiger charge is 2.57. The molecule has 11 aromatic rings. The molecule has 14 rings (SSSR count). The van der Waals surface area contributed by atoms with E-state index >= 15 is 0 Å². The maximum atomic E-state index is 7.27. The van der Waals surface area contributed by atoms with E-state index in [4.69, 9.17) is 14.7 Å². The Kier molecular flexibility index (Phi) is 11.4. The van der Waals surface area contributed by atoms with Gasteiger partial charge in [0, 0.05) is 52.6 Å². The van der Waals surface area contributed by atoms with Crippen LogP contribution in [0.1, 0.15) is 128 Å². The first-order valence-corrected chi connectivity index (χ1v) is 29.1. The Hall–Kier alpha value is -8.74. The van der Waals surface area contributed by atoms with Gasteiger partial charge in [0.1, 0.15) is 24.0 Å². The highest BCUT2D eigenvalue weighted by atomic mass is 16.5. The third kappa shape index (κ3) is 7.81. The van der Waals surface area contributed by atoms with E-state index in [0.717, 1.165) is 73.1 Å². The summed E-state index contributed by atoms with van der Waals surface area (Å²) in [5.74, 6) is 2.39. The van der Waals surface area contributed by atoms with E-state index in [1.807, 2.05) is 12.3 Å². The standard InChI is InChI=1S/C76H71N5O/c1-72(2,3)49-38-55-56-39-50(73(4,5)6)41-62(75(10,11)12)69(56)76(68(55)61(40-49)74(7,8)9)59-36-34-52(82-51-33-35-54-53-28-19-20-30-63(53)81(65(54)42-51)67-32-21-22-37-78-67)43-66(59)80-46-79(64-31-23-29-60(76)71(64)80)70-57(47-24-15-13-16-25-47)44-77-45-58(70)48-26-17-14-18-27-48/h13-45H,46H2,1-12H3. The number of aromatic nitrogens is 3. The molecule has 8 aromatic carbocycles. The van der Waals surface area contributed by atoms with Crippen molar-refractivity contribution in [3.8, 4) is 50.7 Å². The Morgan fingerprint density at radius 1 is 0.427 bits per heavy atom. The van der Waals surface area contributed by atoms with E-state index in [9.17, 15) is 0 Å². The summed E-state index contributed by atoms with van der Waals surface area (Å²) in [4.78, 5) is 15.0. The van der Waals surface area contributed by atoms with E-state index in [-0.39, 0.29) is 21.7 Å². The molecule has 0 bridgehead atoms. The van der Waals surface area contributed by atoms with E-state index in [1.165, 1.54) is 66.7 Å². The van der Waals surface area contributed by atoms with Crippen LogP contribution in [0.3, 0.4) is 0 Å². The van der Waals surface area contributed by atoms with Gasteiger partial charge in [-0.2, -0.15) is 0 Å². The van der Waals surface area contributed by atoms with Crippen molar-refractivity contribution in [1.29, 1.82) is 0 Å². The molecule has 0 unspecified atom stereocenters. The Morgan fingerprint density at radius 3 is 1.56 bits per heavy atom. The second kappa shape index (κ2) is 18.1. The van der Waals surface area contributed by atoms with E-state index < -0.39 is 5.41 Å². The van der Waals surface area contributed by atoms with Gasteiger partial charge in [-0.3, -0.25) is 9.55 Å². The summed E-state index contributed by atoms with van der Waals surface area (Å²) < 4.78 is 9.53. The zero-order chi connectivity index (χ0) is 56.8. The highest BCUT2D eigenvalue weighted by molar-refractivity contribution is 6.10. The van der Waals surface area contributed by atoms with E-state index in [1.54, 1.807) is 0 Å². The molecule has 6 heteroatoms. The van der Waals surface area contributed by atoms with Crippen LogP contribution < -0.4 is 14.5 Å². The molecule has 0 radical (unpaired) electrons. The van der Waals surface area contributed by atoms with Crippen molar-refractivity contribution in [2.24, 2.45) is 0 Å². The highest BCUT2D eigenvalue weighted by Crippen LogP contribution is 2.69. The lowest BCUT2D eigenvalue weighted by Crippen LogP contribution is -2.40. The molecule has 2 aliphatic heterocycles. The van der Waals surface area contributed by atoms with Crippen molar-refractivity contribution in [1.82, 2.24) is 14.5 Å². The predicted molar refractivity (Wildman–Crippen MR) is 341 cm³/mol. The van der Waals surface area contributed by atoms with Gasteiger partial charge >= 0.3 is 0 Å². The Bertz CT molecular complexity index is 4230. The summed E-state index contributed by atoms with van der Waals surface area (Å²) >= 11 is 0. The van der Waals surface area contributed by atoms with E-state index in [0.29, 0.717) is 6.67 Å². The fourth-order valence-electron chi connectivity index (χ4n) is 13.8. The average molecular weight is 1070 g/mol. The zero-order valence-corrected chi connectivity index (χ0v) is 49.4. The second-order valence-electron chi connectivity index (χ2n) is 27.1. The molecule has 1 aliphatic carbocycles. The first-order chi connectivity index (χ1) is 39.2. The monoisotopic (exact) mass is 1070 g/mol. The van der Waals surface area contributed by atoms with Crippen LogP contribution in [0.25, 0.3) is 61.0 Å². The van der Waals surface area contributed by atoms with Gasteiger partial charge in [-0.15, -0.1) is 0 Å². The molecule has 406 valence electrons. The minimum absolute atomic E-state index is 0.103. The number of pyridine rings is 2.